The summed E-state index contributed by atoms with van der Waals surface area (Å²) in [6.45, 7) is 0.527. The monoisotopic (exact) mass is 262 g/mol. The highest BCUT2D eigenvalue weighted by atomic mass is 35.5. The Morgan fingerprint density at radius 2 is 1.94 bits per heavy atom. The van der Waals surface area contributed by atoms with E-state index in [0.29, 0.717) is 17.3 Å². The van der Waals surface area contributed by atoms with Crippen molar-refractivity contribution >= 4 is 23.0 Å². The number of nitrogens with one attached hydrogen (secondary N) is 1. The Bertz CT molecular complexity index is 543. The predicted molar refractivity (Wildman–Crippen MR) is 75.6 cm³/mol. The van der Waals surface area contributed by atoms with E-state index in [0.717, 1.165) is 16.9 Å². The summed E-state index contributed by atoms with van der Waals surface area (Å²) < 4.78 is 5.11. The lowest BCUT2D eigenvalue weighted by Gasteiger charge is -2.10. The molecule has 0 fully saturated rings. The zero-order chi connectivity index (χ0) is 13.0. The number of anilines is 2. The SMILES string of the molecule is COc1ccc(Nc2cccc(CN)c2)cc1Cl. The average molecular weight is 263 g/mol. The van der Waals surface area contributed by atoms with Gasteiger partial charge in [-0.3, -0.25) is 0 Å². The van der Waals surface area contributed by atoms with Crippen LogP contribution in [-0.4, -0.2) is 7.11 Å². The van der Waals surface area contributed by atoms with Gasteiger partial charge in [-0.25, -0.2) is 0 Å². The third-order valence-electron chi connectivity index (χ3n) is 2.60. The molecule has 94 valence electrons. The van der Waals surface area contributed by atoms with Gasteiger partial charge < -0.3 is 15.8 Å². The van der Waals surface area contributed by atoms with Crippen LogP contribution in [0.5, 0.6) is 5.75 Å². The summed E-state index contributed by atoms with van der Waals surface area (Å²) in [7, 11) is 1.60. The summed E-state index contributed by atoms with van der Waals surface area (Å²) in [5.74, 6) is 0.665. The van der Waals surface area contributed by atoms with E-state index < -0.39 is 0 Å². The molecule has 2 aromatic rings. The van der Waals surface area contributed by atoms with E-state index in [1.165, 1.54) is 0 Å². The van der Waals surface area contributed by atoms with E-state index in [-0.39, 0.29) is 0 Å². The zero-order valence-electron chi connectivity index (χ0n) is 10.1. The largest absolute Gasteiger partial charge is 0.495 e. The van der Waals surface area contributed by atoms with Crippen molar-refractivity contribution in [2.24, 2.45) is 5.73 Å². The van der Waals surface area contributed by atoms with Gasteiger partial charge in [-0.1, -0.05) is 23.7 Å². The number of ether oxygens (including phenoxy) is 1. The van der Waals surface area contributed by atoms with Crippen molar-refractivity contribution in [3.63, 3.8) is 0 Å². The number of benzene rings is 2. The van der Waals surface area contributed by atoms with Gasteiger partial charge in [0.25, 0.3) is 0 Å². The molecule has 0 spiro atoms. The van der Waals surface area contributed by atoms with Crippen LogP contribution in [0.4, 0.5) is 11.4 Å². The van der Waals surface area contributed by atoms with E-state index >= 15 is 0 Å². The molecule has 0 aliphatic heterocycles. The van der Waals surface area contributed by atoms with Crippen LogP contribution in [0, 0.1) is 0 Å². The topological polar surface area (TPSA) is 47.3 Å². The van der Waals surface area contributed by atoms with Crippen LogP contribution in [0.2, 0.25) is 5.02 Å². The molecule has 0 bridgehead atoms. The molecule has 3 nitrogen and oxygen atoms in total. The molecular weight excluding hydrogens is 248 g/mol. The molecule has 3 N–H and O–H groups in total. The Hall–Kier alpha value is -1.71. The van der Waals surface area contributed by atoms with Gasteiger partial charge in [0.1, 0.15) is 5.75 Å². The van der Waals surface area contributed by atoms with Crippen molar-refractivity contribution in [1.82, 2.24) is 0 Å². The van der Waals surface area contributed by atoms with Gasteiger partial charge in [-0.05, 0) is 35.9 Å². The van der Waals surface area contributed by atoms with E-state index in [9.17, 15) is 0 Å². The molecular formula is C14H15ClN2O. The van der Waals surface area contributed by atoms with Gasteiger partial charge in [-0.15, -0.1) is 0 Å². The van der Waals surface area contributed by atoms with E-state index in [4.69, 9.17) is 22.1 Å². The Labute approximate surface area is 112 Å². The summed E-state index contributed by atoms with van der Waals surface area (Å²) in [4.78, 5) is 0. The molecule has 0 unspecified atom stereocenters. The van der Waals surface area contributed by atoms with E-state index in [1.807, 2.05) is 42.5 Å². The maximum atomic E-state index is 6.07. The Kier molecular flexibility index (Phi) is 4.07. The van der Waals surface area contributed by atoms with Crippen LogP contribution in [0.3, 0.4) is 0 Å². The first kappa shape index (κ1) is 12.7. The van der Waals surface area contributed by atoms with Gasteiger partial charge in [0.2, 0.25) is 0 Å². The fraction of sp³-hybridized carbons (Fsp3) is 0.143. The number of rotatable bonds is 4. The van der Waals surface area contributed by atoms with E-state index in [2.05, 4.69) is 5.32 Å². The van der Waals surface area contributed by atoms with Gasteiger partial charge >= 0.3 is 0 Å². The van der Waals surface area contributed by atoms with Crippen LogP contribution in [0.15, 0.2) is 42.5 Å². The highest BCUT2D eigenvalue weighted by Crippen LogP contribution is 2.28. The minimum atomic E-state index is 0.527. The lowest BCUT2D eigenvalue weighted by molar-refractivity contribution is 0.415. The lowest BCUT2D eigenvalue weighted by atomic mass is 10.2. The first-order chi connectivity index (χ1) is 8.72. The summed E-state index contributed by atoms with van der Waals surface area (Å²) in [6.07, 6.45) is 0. The highest BCUT2D eigenvalue weighted by molar-refractivity contribution is 6.32. The van der Waals surface area contributed by atoms with Crippen molar-refractivity contribution < 1.29 is 4.74 Å². The average Bonchev–Trinajstić information content (AvgIpc) is 2.39. The van der Waals surface area contributed by atoms with Crippen LogP contribution in [-0.2, 0) is 6.54 Å². The second kappa shape index (κ2) is 5.76. The quantitative estimate of drug-likeness (QED) is 0.886. The maximum absolute atomic E-state index is 6.07. The number of methoxy groups -OCH3 is 1. The predicted octanol–water partition coefficient (Wildman–Crippen LogP) is 3.55. The summed E-state index contributed by atoms with van der Waals surface area (Å²) in [5.41, 5.74) is 8.59. The molecule has 18 heavy (non-hydrogen) atoms. The molecule has 0 atom stereocenters. The van der Waals surface area contributed by atoms with Crippen LogP contribution in [0.25, 0.3) is 0 Å². The maximum Gasteiger partial charge on any atom is 0.137 e. The lowest BCUT2D eigenvalue weighted by Crippen LogP contribution is -1.97. The molecule has 0 saturated carbocycles. The van der Waals surface area contributed by atoms with Gasteiger partial charge in [0.15, 0.2) is 0 Å². The van der Waals surface area contributed by atoms with Crippen molar-refractivity contribution in [3.8, 4) is 5.75 Å². The van der Waals surface area contributed by atoms with Crippen LogP contribution >= 0.6 is 11.6 Å². The van der Waals surface area contributed by atoms with Crippen molar-refractivity contribution in [3.05, 3.63) is 53.1 Å². The second-order valence-corrected chi connectivity index (χ2v) is 4.29. The minimum Gasteiger partial charge on any atom is -0.495 e. The van der Waals surface area contributed by atoms with Crippen LogP contribution < -0.4 is 15.8 Å². The minimum absolute atomic E-state index is 0.527. The number of halogens is 1. The van der Waals surface area contributed by atoms with Gasteiger partial charge in [-0.2, -0.15) is 0 Å². The summed E-state index contributed by atoms with van der Waals surface area (Å²) in [5, 5.41) is 3.86. The fourth-order valence-corrected chi connectivity index (χ4v) is 1.94. The first-order valence-electron chi connectivity index (χ1n) is 5.62. The normalized spacial score (nSPS) is 10.2. The first-order valence-corrected chi connectivity index (χ1v) is 6.00. The molecule has 0 heterocycles. The molecule has 2 aromatic carbocycles. The molecule has 0 amide bonds. The number of nitrogens with two attached hydrogens (primary N) is 1. The molecule has 4 heteroatoms. The van der Waals surface area contributed by atoms with Gasteiger partial charge in [0.05, 0.1) is 12.1 Å². The Morgan fingerprint density at radius 1 is 1.17 bits per heavy atom. The Balaban J connectivity index is 2.20. The zero-order valence-corrected chi connectivity index (χ0v) is 10.9. The smallest absolute Gasteiger partial charge is 0.137 e. The molecule has 0 saturated heterocycles. The number of hydrogen-bond acceptors (Lipinski definition) is 3. The molecule has 0 aliphatic rings. The third kappa shape index (κ3) is 2.94. The van der Waals surface area contributed by atoms with Crippen molar-refractivity contribution in [2.45, 2.75) is 6.54 Å². The molecule has 2 rings (SSSR count). The third-order valence-corrected chi connectivity index (χ3v) is 2.90. The van der Waals surface area contributed by atoms with Crippen LogP contribution in [0.1, 0.15) is 5.56 Å². The summed E-state index contributed by atoms with van der Waals surface area (Å²) in [6, 6.07) is 13.5. The number of hydrogen-bond donors (Lipinski definition) is 2. The van der Waals surface area contributed by atoms with Crippen molar-refractivity contribution in [1.29, 1.82) is 0 Å². The molecule has 0 aliphatic carbocycles. The standard InChI is InChI=1S/C14H15ClN2O/c1-18-14-6-5-12(8-13(14)15)17-11-4-2-3-10(7-11)9-16/h2-8,17H,9,16H2,1H3. The summed E-state index contributed by atoms with van der Waals surface area (Å²) >= 11 is 6.07. The second-order valence-electron chi connectivity index (χ2n) is 3.88. The van der Waals surface area contributed by atoms with E-state index in [1.54, 1.807) is 7.11 Å². The Morgan fingerprint density at radius 3 is 2.61 bits per heavy atom. The molecule has 0 aromatic heterocycles. The van der Waals surface area contributed by atoms with Gasteiger partial charge in [0, 0.05) is 17.9 Å². The molecule has 0 radical (unpaired) electrons. The fourth-order valence-electron chi connectivity index (χ4n) is 1.69. The highest BCUT2D eigenvalue weighted by Gasteiger charge is 2.02. The van der Waals surface area contributed by atoms with Crippen molar-refractivity contribution in [2.75, 3.05) is 12.4 Å².